The molecule has 0 aliphatic rings. The molecule has 0 fully saturated rings. The van der Waals surface area contributed by atoms with Crippen LogP contribution in [0.4, 0.5) is 14.5 Å². The molecular formula is C17H11F2NO5S. The molecule has 1 aromatic heterocycles. The van der Waals surface area contributed by atoms with Gasteiger partial charge in [0.1, 0.15) is 17.4 Å². The van der Waals surface area contributed by atoms with E-state index in [9.17, 15) is 22.0 Å². The molecule has 0 aliphatic heterocycles. The van der Waals surface area contributed by atoms with Crippen LogP contribution in [0.1, 0.15) is 10.6 Å². The van der Waals surface area contributed by atoms with E-state index < -0.39 is 32.6 Å². The van der Waals surface area contributed by atoms with Crippen LogP contribution in [-0.4, -0.2) is 14.3 Å². The van der Waals surface area contributed by atoms with Crippen LogP contribution in [0.15, 0.2) is 70.2 Å². The molecule has 0 saturated heterocycles. The largest absolute Gasteiger partial charge is 0.459 e. The summed E-state index contributed by atoms with van der Waals surface area (Å²) in [5.41, 5.74) is 0.341. The van der Waals surface area contributed by atoms with Gasteiger partial charge in [0.15, 0.2) is 10.7 Å². The summed E-state index contributed by atoms with van der Waals surface area (Å²) in [6.45, 7) is 0. The second-order valence-electron chi connectivity index (χ2n) is 5.04. The van der Waals surface area contributed by atoms with E-state index in [-0.39, 0.29) is 11.5 Å². The zero-order chi connectivity index (χ0) is 18.7. The van der Waals surface area contributed by atoms with E-state index in [0.717, 1.165) is 18.2 Å². The predicted molar refractivity (Wildman–Crippen MR) is 87.3 cm³/mol. The summed E-state index contributed by atoms with van der Waals surface area (Å²) in [7, 11) is -4.70. The zero-order valence-corrected chi connectivity index (χ0v) is 13.8. The molecule has 0 bridgehead atoms. The standard InChI is InChI=1S/C17H11F2NO5S/c18-13-3-1-4-14(19)16(13)26(22,23)25-12-8-6-11(7-9-12)20-17(21)15-5-2-10-24-15/h1-10H,(H,20,21). The quantitative estimate of drug-likeness (QED) is 0.685. The lowest BCUT2D eigenvalue weighted by Gasteiger charge is -2.09. The molecule has 1 heterocycles. The summed E-state index contributed by atoms with van der Waals surface area (Å²) >= 11 is 0. The first kappa shape index (κ1) is 17.6. The molecule has 0 radical (unpaired) electrons. The summed E-state index contributed by atoms with van der Waals surface area (Å²) < 4.78 is 61.1. The van der Waals surface area contributed by atoms with Crippen LogP contribution in [-0.2, 0) is 10.1 Å². The Hall–Kier alpha value is -3.20. The number of carbonyl (C=O) groups excluding carboxylic acids is 1. The van der Waals surface area contributed by atoms with Crippen molar-refractivity contribution >= 4 is 21.7 Å². The second kappa shape index (κ2) is 6.96. The molecule has 1 N–H and O–H groups in total. The molecule has 3 aromatic rings. The van der Waals surface area contributed by atoms with Gasteiger partial charge < -0.3 is 13.9 Å². The van der Waals surface area contributed by atoms with Gasteiger partial charge in [0.2, 0.25) is 0 Å². The number of hydrogen-bond donors (Lipinski definition) is 1. The summed E-state index contributed by atoms with van der Waals surface area (Å²) in [5.74, 6) is -3.09. The van der Waals surface area contributed by atoms with Gasteiger partial charge in [0.25, 0.3) is 5.91 Å². The van der Waals surface area contributed by atoms with Crippen molar-refractivity contribution in [3.63, 3.8) is 0 Å². The highest BCUT2D eigenvalue weighted by Crippen LogP contribution is 2.24. The first-order valence-electron chi connectivity index (χ1n) is 7.20. The number of amides is 1. The van der Waals surface area contributed by atoms with E-state index in [1.807, 2.05) is 0 Å². The number of rotatable bonds is 5. The lowest BCUT2D eigenvalue weighted by atomic mass is 10.3. The lowest BCUT2D eigenvalue weighted by molar-refractivity contribution is 0.0996. The Morgan fingerprint density at radius 1 is 0.962 bits per heavy atom. The topological polar surface area (TPSA) is 85.6 Å². The summed E-state index contributed by atoms with van der Waals surface area (Å²) in [6.07, 6.45) is 1.35. The predicted octanol–water partition coefficient (Wildman–Crippen LogP) is 3.58. The van der Waals surface area contributed by atoms with Crippen LogP contribution < -0.4 is 9.50 Å². The fraction of sp³-hybridized carbons (Fsp3) is 0. The molecule has 0 spiro atoms. The summed E-state index contributed by atoms with van der Waals surface area (Å²) in [5, 5.41) is 2.53. The van der Waals surface area contributed by atoms with Gasteiger partial charge in [-0.3, -0.25) is 4.79 Å². The maximum absolute atomic E-state index is 13.6. The molecule has 134 valence electrons. The third kappa shape index (κ3) is 3.72. The van der Waals surface area contributed by atoms with Crippen molar-refractivity contribution in [3.8, 4) is 5.75 Å². The van der Waals surface area contributed by atoms with Crippen molar-refractivity contribution in [2.24, 2.45) is 0 Å². The molecule has 3 rings (SSSR count). The minimum atomic E-state index is -4.70. The van der Waals surface area contributed by atoms with Crippen LogP contribution >= 0.6 is 0 Å². The molecule has 9 heteroatoms. The van der Waals surface area contributed by atoms with Crippen LogP contribution in [0.3, 0.4) is 0 Å². The third-order valence-electron chi connectivity index (χ3n) is 3.23. The van der Waals surface area contributed by atoms with Crippen molar-refractivity contribution in [2.45, 2.75) is 4.90 Å². The van der Waals surface area contributed by atoms with Gasteiger partial charge >= 0.3 is 10.1 Å². The molecule has 1 amide bonds. The van der Waals surface area contributed by atoms with Gasteiger partial charge in [-0.05, 0) is 48.5 Å². The Morgan fingerprint density at radius 2 is 1.62 bits per heavy atom. The Bertz CT molecular complexity index is 1010. The Balaban J connectivity index is 1.76. The van der Waals surface area contributed by atoms with Crippen LogP contribution in [0, 0.1) is 11.6 Å². The molecule has 0 aliphatic carbocycles. The first-order valence-corrected chi connectivity index (χ1v) is 8.61. The Labute approximate surface area is 147 Å². The average molecular weight is 379 g/mol. The van der Waals surface area contributed by atoms with E-state index in [1.54, 1.807) is 6.07 Å². The van der Waals surface area contributed by atoms with Gasteiger partial charge in [-0.2, -0.15) is 8.42 Å². The second-order valence-corrected chi connectivity index (χ2v) is 6.53. The number of halogens is 2. The SMILES string of the molecule is O=C(Nc1ccc(OS(=O)(=O)c2c(F)cccc2F)cc1)c1ccco1. The molecule has 2 aromatic carbocycles. The number of nitrogens with one attached hydrogen (secondary N) is 1. The molecule has 6 nitrogen and oxygen atoms in total. The number of carbonyl (C=O) groups is 1. The van der Waals surface area contributed by atoms with Crippen LogP contribution in [0.5, 0.6) is 5.75 Å². The highest BCUT2D eigenvalue weighted by molar-refractivity contribution is 7.87. The Kier molecular flexibility index (Phi) is 4.72. The number of furan rings is 1. The zero-order valence-electron chi connectivity index (χ0n) is 13.0. The molecule has 0 saturated carbocycles. The molecule has 26 heavy (non-hydrogen) atoms. The maximum Gasteiger partial charge on any atom is 0.345 e. The molecular weight excluding hydrogens is 368 g/mol. The van der Waals surface area contributed by atoms with Crippen molar-refractivity contribution in [1.82, 2.24) is 0 Å². The average Bonchev–Trinajstić information content (AvgIpc) is 3.10. The van der Waals surface area contributed by atoms with E-state index in [0.29, 0.717) is 5.69 Å². The van der Waals surface area contributed by atoms with E-state index in [2.05, 4.69) is 5.32 Å². The van der Waals surface area contributed by atoms with Gasteiger partial charge in [0, 0.05) is 5.69 Å². The van der Waals surface area contributed by atoms with Crippen LogP contribution in [0.25, 0.3) is 0 Å². The minimum absolute atomic E-state index is 0.0999. The number of hydrogen-bond acceptors (Lipinski definition) is 5. The molecule has 0 unspecified atom stereocenters. The number of benzene rings is 2. The lowest BCUT2D eigenvalue weighted by Crippen LogP contribution is -2.14. The van der Waals surface area contributed by atoms with Crippen molar-refractivity contribution in [1.29, 1.82) is 0 Å². The van der Waals surface area contributed by atoms with Gasteiger partial charge in [-0.25, -0.2) is 8.78 Å². The Morgan fingerprint density at radius 3 is 2.19 bits per heavy atom. The van der Waals surface area contributed by atoms with E-state index in [1.165, 1.54) is 36.6 Å². The van der Waals surface area contributed by atoms with E-state index in [4.69, 9.17) is 8.60 Å². The first-order chi connectivity index (χ1) is 12.4. The van der Waals surface area contributed by atoms with Gasteiger partial charge in [-0.1, -0.05) is 6.07 Å². The number of anilines is 1. The van der Waals surface area contributed by atoms with Crippen LogP contribution in [0.2, 0.25) is 0 Å². The maximum atomic E-state index is 13.6. The van der Waals surface area contributed by atoms with Crippen molar-refractivity contribution in [2.75, 3.05) is 5.32 Å². The summed E-state index contributed by atoms with van der Waals surface area (Å²) in [4.78, 5) is 10.7. The smallest absolute Gasteiger partial charge is 0.345 e. The van der Waals surface area contributed by atoms with Gasteiger partial charge in [0.05, 0.1) is 6.26 Å². The normalized spacial score (nSPS) is 11.2. The van der Waals surface area contributed by atoms with Crippen molar-refractivity contribution in [3.05, 3.63) is 78.3 Å². The van der Waals surface area contributed by atoms with Gasteiger partial charge in [-0.15, -0.1) is 0 Å². The monoisotopic (exact) mass is 379 g/mol. The molecule has 0 atom stereocenters. The fourth-order valence-electron chi connectivity index (χ4n) is 2.08. The fourth-order valence-corrected chi connectivity index (χ4v) is 3.15. The highest BCUT2D eigenvalue weighted by Gasteiger charge is 2.26. The summed E-state index contributed by atoms with van der Waals surface area (Å²) in [6, 6.07) is 10.9. The van der Waals surface area contributed by atoms with Crippen molar-refractivity contribution < 1.29 is 30.6 Å². The third-order valence-corrected chi connectivity index (χ3v) is 4.53. The van der Waals surface area contributed by atoms with E-state index >= 15 is 0 Å². The minimum Gasteiger partial charge on any atom is -0.459 e. The highest BCUT2D eigenvalue weighted by atomic mass is 32.2.